The van der Waals surface area contributed by atoms with Crippen LogP contribution in [0.5, 0.6) is 0 Å². The van der Waals surface area contributed by atoms with E-state index in [1.165, 1.54) is 17.4 Å². The summed E-state index contributed by atoms with van der Waals surface area (Å²) in [6, 6.07) is 4.92. The summed E-state index contributed by atoms with van der Waals surface area (Å²) >= 11 is 0. The number of hydrogen-bond donors (Lipinski definition) is 1. The number of carbonyl (C=O) groups excluding carboxylic acids is 2. The maximum atomic E-state index is 12.9. The van der Waals surface area contributed by atoms with Crippen molar-refractivity contribution in [2.45, 2.75) is 64.3 Å². The standard InChI is InChI=1S/C21H27N3O4/c1-13-7-9-16-17(11-13)21(26)23(20(16)25)15-8-10-18(19(12-15)24(27)28)22-14-5-3-2-4-6-14/h8,10,12-14,16-17,22H,2-7,9,11H2,1H3. The summed E-state index contributed by atoms with van der Waals surface area (Å²) in [5, 5.41) is 15.0. The van der Waals surface area contributed by atoms with Crippen molar-refractivity contribution in [3.63, 3.8) is 0 Å². The van der Waals surface area contributed by atoms with Gasteiger partial charge in [-0.25, -0.2) is 4.90 Å². The molecule has 7 heteroatoms. The number of amides is 2. The van der Waals surface area contributed by atoms with E-state index in [4.69, 9.17) is 0 Å². The first-order chi connectivity index (χ1) is 13.5. The molecule has 1 aromatic rings. The van der Waals surface area contributed by atoms with Crippen LogP contribution in [0, 0.1) is 27.9 Å². The van der Waals surface area contributed by atoms with Gasteiger partial charge in [-0.2, -0.15) is 0 Å². The minimum atomic E-state index is -0.436. The van der Waals surface area contributed by atoms with Crippen molar-refractivity contribution in [1.82, 2.24) is 0 Å². The number of anilines is 2. The van der Waals surface area contributed by atoms with Crippen LogP contribution in [0.3, 0.4) is 0 Å². The highest BCUT2D eigenvalue weighted by Crippen LogP contribution is 2.43. The fourth-order valence-corrected chi connectivity index (χ4v) is 5.04. The monoisotopic (exact) mass is 385 g/mol. The summed E-state index contributed by atoms with van der Waals surface area (Å²) in [4.78, 5) is 38.2. The average Bonchev–Trinajstić information content (AvgIpc) is 2.93. The summed E-state index contributed by atoms with van der Waals surface area (Å²) in [7, 11) is 0. The Morgan fingerprint density at radius 2 is 1.75 bits per heavy atom. The van der Waals surface area contributed by atoms with Gasteiger partial charge >= 0.3 is 0 Å². The van der Waals surface area contributed by atoms with Gasteiger partial charge in [0.25, 0.3) is 5.69 Å². The zero-order valence-electron chi connectivity index (χ0n) is 16.2. The van der Waals surface area contributed by atoms with Gasteiger partial charge in [0.05, 0.1) is 22.4 Å². The first-order valence-electron chi connectivity index (χ1n) is 10.4. The van der Waals surface area contributed by atoms with Gasteiger partial charge in [-0.1, -0.05) is 26.2 Å². The summed E-state index contributed by atoms with van der Waals surface area (Å²) in [6.07, 6.45) is 7.85. The van der Waals surface area contributed by atoms with Crippen LogP contribution in [0.4, 0.5) is 17.1 Å². The molecular formula is C21H27N3O4. The molecule has 1 aliphatic heterocycles. The highest BCUT2D eigenvalue weighted by atomic mass is 16.6. The fraction of sp³-hybridized carbons (Fsp3) is 0.619. The lowest BCUT2D eigenvalue weighted by atomic mass is 9.76. The number of nitro groups is 1. The molecule has 0 aromatic heterocycles. The van der Waals surface area contributed by atoms with Crippen LogP contribution in [-0.4, -0.2) is 22.8 Å². The largest absolute Gasteiger partial charge is 0.377 e. The van der Waals surface area contributed by atoms with Gasteiger partial charge < -0.3 is 5.32 Å². The van der Waals surface area contributed by atoms with Crippen LogP contribution >= 0.6 is 0 Å². The second-order valence-electron chi connectivity index (χ2n) is 8.58. The van der Waals surface area contributed by atoms with E-state index >= 15 is 0 Å². The number of carbonyl (C=O) groups is 2. The zero-order valence-corrected chi connectivity index (χ0v) is 16.2. The summed E-state index contributed by atoms with van der Waals surface area (Å²) in [5.74, 6) is -0.541. The number of imide groups is 1. The Kier molecular flexibility index (Phi) is 5.08. The highest BCUT2D eigenvalue weighted by molar-refractivity contribution is 6.22. The Labute approximate surface area is 164 Å². The van der Waals surface area contributed by atoms with Crippen molar-refractivity contribution < 1.29 is 14.5 Å². The number of nitrogens with zero attached hydrogens (tertiary/aromatic N) is 2. The number of nitrogens with one attached hydrogen (secondary N) is 1. The molecule has 1 aromatic carbocycles. The van der Waals surface area contributed by atoms with Gasteiger partial charge in [0.2, 0.25) is 11.8 Å². The second kappa shape index (κ2) is 7.53. The van der Waals surface area contributed by atoms with E-state index in [2.05, 4.69) is 12.2 Å². The Balaban J connectivity index is 1.61. The molecule has 1 heterocycles. The first kappa shape index (κ1) is 18.9. The van der Waals surface area contributed by atoms with Crippen molar-refractivity contribution in [1.29, 1.82) is 0 Å². The summed E-state index contributed by atoms with van der Waals surface area (Å²) in [6.45, 7) is 2.10. The Morgan fingerprint density at radius 1 is 1.04 bits per heavy atom. The van der Waals surface area contributed by atoms with Crippen molar-refractivity contribution in [3.05, 3.63) is 28.3 Å². The fourth-order valence-electron chi connectivity index (χ4n) is 5.04. The maximum absolute atomic E-state index is 12.9. The van der Waals surface area contributed by atoms with Gasteiger partial charge in [-0.15, -0.1) is 0 Å². The third kappa shape index (κ3) is 3.38. The minimum absolute atomic E-state index is 0.0769. The molecule has 3 atom stereocenters. The van der Waals surface area contributed by atoms with Crippen LogP contribution in [-0.2, 0) is 9.59 Å². The van der Waals surface area contributed by atoms with Crippen molar-refractivity contribution in [2.24, 2.45) is 17.8 Å². The lowest BCUT2D eigenvalue weighted by Crippen LogP contribution is -2.31. The number of fused-ring (bicyclic) bond motifs is 1. The molecule has 150 valence electrons. The molecule has 0 radical (unpaired) electrons. The third-order valence-electron chi connectivity index (χ3n) is 6.59. The maximum Gasteiger partial charge on any atom is 0.294 e. The Bertz CT molecular complexity index is 803. The molecule has 0 bridgehead atoms. The van der Waals surface area contributed by atoms with E-state index in [-0.39, 0.29) is 35.4 Å². The van der Waals surface area contributed by atoms with E-state index in [1.807, 2.05) is 0 Å². The Hall–Kier alpha value is -2.44. The number of benzene rings is 1. The molecule has 2 saturated carbocycles. The van der Waals surface area contributed by atoms with Crippen LogP contribution in [0.15, 0.2) is 18.2 Å². The normalized spacial score (nSPS) is 28.3. The van der Waals surface area contributed by atoms with E-state index in [0.717, 1.165) is 44.9 Å². The molecular weight excluding hydrogens is 358 g/mol. The van der Waals surface area contributed by atoms with Crippen LogP contribution in [0.25, 0.3) is 0 Å². The van der Waals surface area contributed by atoms with Crippen molar-refractivity contribution >= 4 is 28.9 Å². The molecule has 3 unspecified atom stereocenters. The summed E-state index contributed by atoms with van der Waals surface area (Å²) < 4.78 is 0. The number of rotatable bonds is 4. The quantitative estimate of drug-likeness (QED) is 0.475. The number of hydrogen-bond acceptors (Lipinski definition) is 5. The SMILES string of the molecule is CC1CCC2C(=O)N(c3ccc(NC4CCCCC4)c([N+](=O)[O-])c3)C(=O)C2C1. The van der Waals surface area contributed by atoms with Gasteiger partial charge in [0, 0.05) is 12.1 Å². The molecule has 7 nitrogen and oxygen atoms in total. The van der Waals surface area contributed by atoms with E-state index in [9.17, 15) is 19.7 Å². The lowest BCUT2D eigenvalue weighted by Gasteiger charge is -2.25. The molecule has 2 aliphatic carbocycles. The molecule has 28 heavy (non-hydrogen) atoms. The topological polar surface area (TPSA) is 92.6 Å². The second-order valence-corrected chi connectivity index (χ2v) is 8.58. The Morgan fingerprint density at radius 3 is 2.46 bits per heavy atom. The van der Waals surface area contributed by atoms with Gasteiger partial charge in [-0.3, -0.25) is 19.7 Å². The summed E-state index contributed by atoms with van der Waals surface area (Å²) in [5.41, 5.74) is 0.704. The smallest absolute Gasteiger partial charge is 0.294 e. The molecule has 1 N–H and O–H groups in total. The molecule has 4 rings (SSSR count). The van der Waals surface area contributed by atoms with Gasteiger partial charge in [-0.05, 0) is 50.2 Å². The van der Waals surface area contributed by atoms with E-state index in [1.54, 1.807) is 12.1 Å². The first-order valence-corrected chi connectivity index (χ1v) is 10.4. The molecule has 3 aliphatic rings. The van der Waals surface area contributed by atoms with E-state index in [0.29, 0.717) is 17.3 Å². The molecule has 0 spiro atoms. The van der Waals surface area contributed by atoms with Crippen LogP contribution in [0.1, 0.15) is 58.3 Å². The van der Waals surface area contributed by atoms with E-state index < -0.39 is 4.92 Å². The molecule has 3 fully saturated rings. The predicted octanol–water partition coefficient (Wildman–Crippen LogP) is 4.27. The molecule has 2 amide bonds. The zero-order chi connectivity index (χ0) is 19.8. The number of nitro benzene ring substituents is 1. The highest BCUT2D eigenvalue weighted by Gasteiger charge is 2.50. The van der Waals surface area contributed by atoms with Gasteiger partial charge in [0.1, 0.15) is 5.69 Å². The third-order valence-corrected chi connectivity index (χ3v) is 6.59. The van der Waals surface area contributed by atoms with Crippen LogP contribution < -0.4 is 10.2 Å². The van der Waals surface area contributed by atoms with Crippen LogP contribution in [0.2, 0.25) is 0 Å². The minimum Gasteiger partial charge on any atom is -0.377 e. The average molecular weight is 385 g/mol. The van der Waals surface area contributed by atoms with Crippen molar-refractivity contribution in [2.75, 3.05) is 10.2 Å². The predicted molar refractivity (Wildman–Crippen MR) is 106 cm³/mol. The lowest BCUT2D eigenvalue weighted by molar-refractivity contribution is -0.383. The van der Waals surface area contributed by atoms with Gasteiger partial charge in [0.15, 0.2) is 0 Å². The molecule has 1 saturated heterocycles. The van der Waals surface area contributed by atoms with Crippen molar-refractivity contribution in [3.8, 4) is 0 Å².